The van der Waals surface area contributed by atoms with Gasteiger partial charge in [-0.3, -0.25) is 0 Å². The van der Waals surface area contributed by atoms with Crippen molar-refractivity contribution in [3.63, 3.8) is 0 Å². The summed E-state index contributed by atoms with van der Waals surface area (Å²) in [5, 5.41) is 1.93. The van der Waals surface area contributed by atoms with Crippen molar-refractivity contribution >= 4 is 16.5 Å². The summed E-state index contributed by atoms with van der Waals surface area (Å²) >= 11 is 1.19. The highest BCUT2D eigenvalue weighted by Crippen LogP contribution is 2.41. The molecule has 14 heavy (non-hydrogen) atoms. The van der Waals surface area contributed by atoms with E-state index in [1.165, 1.54) is 32.1 Å². The number of thiazole rings is 1. The number of rotatable bonds is 3. The van der Waals surface area contributed by atoms with Crippen LogP contribution in [0.25, 0.3) is 0 Å². The maximum atomic E-state index is 13.5. The summed E-state index contributed by atoms with van der Waals surface area (Å²) in [5.41, 5.74) is 4.54. The van der Waals surface area contributed by atoms with Gasteiger partial charge >= 0.3 is 0 Å². The molecule has 0 saturated heterocycles. The highest BCUT2D eigenvalue weighted by atomic mass is 32.1. The Kier molecular flexibility index (Phi) is 2.81. The zero-order valence-corrected chi connectivity index (χ0v) is 9.29. The molecule has 2 nitrogen and oxygen atoms in total. The van der Waals surface area contributed by atoms with Gasteiger partial charge in [-0.25, -0.2) is 13.8 Å². The summed E-state index contributed by atoms with van der Waals surface area (Å²) in [5.74, 6) is -2.76. The van der Waals surface area contributed by atoms with Crippen LogP contribution in [0.1, 0.15) is 32.9 Å². The molecule has 2 N–H and O–H groups in total. The Balaban J connectivity index is 3.07. The minimum absolute atomic E-state index is 0.197. The van der Waals surface area contributed by atoms with Crippen molar-refractivity contribution in [3.8, 4) is 0 Å². The molecule has 0 aromatic carbocycles. The smallest absolute Gasteiger partial charge is 0.258 e. The lowest BCUT2D eigenvalue weighted by Gasteiger charge is -2.31. The van der Waals surface area contributed by atoms with Crippen molar-refractivity contribution in [2.45, 2.75) is 38.5 Å². The number of anilines is 1. The van der Waals surface area contributed by atoms with Gasteiger partial charge < -0.3 is 5.73 Å². The molecule has 0 saturated carbocycles. The van der Waals surface area contributed by atoms with E-state index in [1.807, 2.05) is 0 Å². The van der Waals surface area contributed by atoms with Gasteiger partial charge in [0.25, 0.3) is 5.92 Å². The molecular weight excluding hydrogens is 206 g/mol. The van der Waals surface area contributed by atoms with E-state index < -0.39 is 11.3 Å². The number of alkyl halides is 2. The maximum Gasteiger partial charge on any atom is 0.258 e. The molecule has 1 aromatic heterocycles. The molecule has 1 rings (SSSR count). The highest BCUT2D eigenvalue weighted by molar-refractivity contribution is 7.13. The zero-order valence-electron chi connectivity index (χ0n) is 8.47. The number of nitrogens with two attached hydrogens (primary N) is 1. The summed E-state index contributed by atoms with van der Waals surface area (Å²) in [6.07, 6.45) is -0.197. The fraction of sp³-hybridized carbons (Fsp3) is 0.667. The Labute approximate surface area is 86.2 Å². The van der Waals surface area contributed by atoms with Crippen LogP contribution in [0.2, 0.25) is 0 Å². The van der Waals surface area contributed by atoms with Gasteiger partial charge in [0.15, 0.2) is 5.13 Å². The molecule has 1 aromatic rings. The van der Waals surface area contributed by atoms with Crippen molar-refractivity contribution in [3.05, 3.63) is 11.1 Å². The topological polar surface area (TPSA) is 38.9 Å². The van der Waals surface area contributed by atoms with E-state index in [0.29, 0.717) is 10.8 Å². The Morgan fingerprint density at radius 1 is 1.50 bits per heavy atom. The molecule has 0 amide bonds. The van der Waals surface area contributed by atoms with Crippen LogP contribution in [0.3, 0.4) is 0 Å². The van der Waals surface area contributed by atoms with Gasteiger partial charge in [-0.1, -0.05) is 6.92 Å². The molecule has 80 valence electrons. The van der Waals surface area contributed by atoms with Crippen LogP contribution in [0.4, 0.5) is 13.9 Å². The Hall–Kier alpha value is -0.710. The second-order valence-electron chi connectivity index (χ2n) is 3.75. The number of aromatic nitrogens is 1. The van der Waals surface area contributed by atoms with Crippen LogP contribution < -0.4 is 5.73 Å². The summed E-state index contributed by atoms with van der Waals surface area (Å²) in [6, 6.07) is 0. The quantitative estimate of drug-likeness (QED) is 0.850. The van der Waals surface area contributed by atoms with E-state index in [4.69, 9.17) is 5.73 Å². The third kappa shape index (κ3) is 1.73. The van der Waals surface area contributed by atoms with E-state index in [2.05, 4.69) is 4.98 Å². The summed E-state index contributed by atoms with van der Waals surface area (Å²) in [6.45, 7) is 4.45. The molecule has 1 heterocycles. The number of nitrogens with zero attached hydrogens (tertiary/aromatic N) is 1. The van der Waals surface area contributed by atoms with Gasteiger partial charge in [0.1, 0.15) is 0 Å². The van der Waals surface area contributed by atoms with Gasteiger partial charge in [-0.05, 0) is 13.8 Å². The van der Waals surface area contributed by atoms with E-state index in [0.717, 1.165) is 0 Å². The van der Waals surface area contributed by atoms with E-state index in [9.17, 15) is 8.78 Å². The molecule has 0 bridgehead atoms. The van der Waals surface area contributed by atoms with Gasteiger partial charge in [-0.2, -0.15) is 0 Å². The molecule has 0 aliphatic carbocycles. The Morgan fingerprint density at radius 2 is 2.07 bits per heavy atom. The first kappa shape index (κ1) is 11.4. The van der Waals surface area contributed by atoms with E-state index in [-0.39, 0.29) is 6.42 Å². The summed E-state index contributed by atoms with van der Waals surface area (Å²) in [4.78, 5) is 3.91. The largest absolute Gasteiger partial charge is 0.375 e. The van der Waals surface area contributed by atoms with Crippen LogP contribution in [0, 0.1) is 0 Å². The number of hydrogen-bond acceptors (Lipinski definition) is 3. The minimum Gasteiger partial charge on any atom is -0.375 e. The first-order chi connectivity index (χ1) is 6.31. The van der Waals surface area contributed by atoms with Gasteiger partial charge in [-0.15, -0.1) is 11.3 Å². The van der Waals surface area contributed by atoms with Crippen molar-refractivity contribution in [2.75, 3.05) is 5.73 Å². The fourth-order valence-corrected chi connectivity index (χ4v) is 1.93. The molecule has 0 aliphatic heterocycles. The standard InChI is InChI=1S/C9H14F2N2S/c1-4-9(10,11)8(2,3)6-5-14-7(12)13-6/h5H,4H2,1-3H3,(H2,12,13). The third-order valence-electron chi connectivity index (χ3n) is 2.52. The SMILES string of the molecule is CCC(F)(F)C(C)(C)c1csc(N)n1. The predicted octanol–water partition coefficient (Wildman–Crippen LogP) is 3.05. The highest BCUT2D eigenvalue weighted by Gasteiger charge is 2.47. The predicted molar refractivity (Wildman–Crippen MR) is 54.8 cm³/mol. The van der Waals surface area contributed by atoms with Gasteiger partial charge in [0, 0.05) is 11.8 Å². The minimum atomic E-state index is -2.76. The lowest BCUT2D eigenvalue weighted by atomic mass is 9.81. The first-order valence-corrected chi connectivity index (χ1v) is 5.28. The van der Waals surface area contributed by atoms with Crippen LogP contribution in [0.5, 0.6) is 0 Å². The van der Waals surface area contributed by atoms with Crippen LogP contribution in [-0.2, 0) is 5.41 Å². The molecule has 5 heteroatoms. The molecule has 0 atom stereocenters. The molecule has 0 spiro atoms. The Morgan fingerprint density at radius 3 is 2.43 bits per heavy atom. The normalized spacial score (nSPS) is 13.2. The zero-order chi connectivity index (χ0) is 11.0. The number of nitrogen functional groups attached to an aromatic ring is 1. The molecule has 0 unspecified atom stereocenters. The third-order valence-corrected chi connectivity index (χ3v) is 3.19. The molecule has 0 fully saturated rings. The summed E-state index contributed by atoms with van der Waals surface area (Å²) < 4.78 is 27.1. The maximum absolute atomic E-state index is 13.5. The van der Waals surface area contributed by atoms with Gasteiger partial charge in [0.2, 0.25) is 0 Å². The second-order valence-corrected chi connectivity index (χ2v) is 4.64. The van der Waals surface area contributed by atoms with Crippen LogP contribution >= 0.6 is 11.3 Å². The lowest BCUT2D eigenvalue weighted by molar-refractivity contribution is -0.0695. The summed E-state index contributed by atoms with van der Waals surface area (Å²) in [7, 11) is 0. The average molecular weight is 220 g/mol. The molecular formula is C9H14F2N2S. The van der Waals surface area contributed by atoms with Crippen molar-refractivity contribution in [1.82, 2.24) is 4.98 Å². The van der Waals surface area contributed by atoms with E-state index >= 15 is 0 Å². The fourth-order valence-electron chi connectivity index (χ4n) is 1.20. The number of halogens is 2. The molecule has 0 aliphatic rings. The van der Waals surface area contributed by atoms with E-state index in [1.54, 1.807) is 5.38 Å². The Bertz CT molecular complexity index is 320. The lowest BCUT2D eigenvalue weighted by Crippen LogP contribution is -2.40. The monoisotopic (exact) mass is 220 g/mol. The van der Waals surface area contributed by atoms with Gasteiger partial charge in [0.05, 0.1) is 11.1 Å². The second kappa shape index (κ2) is 3.46. The van der Waals surface area contributed by atoms with Crippen LogP contribution in [-0.4, -0.2) is 10.9 Å². The number of hydrogen-bond donors (Lipinski definition) is 1. The first-order valence-electron chi connectivity index (χ1n) is 4.40. The van der Waals surface area contributed by atoms with Crippen molar-refractivity contribution in [2.24, 2.45) is 0 Å². The average Bonchev–Trinajstić information content (AvgIpc) is 2.52. The molecule has 0 radical (unpaired) electrons. The van der Waals surface area contributed by atoms with Crippen LogP contribution in [0.15, 0.2) is 5.38 Å². The van der Waals surface area contributed by atoms with Crippen molar-refractivity contribution in [1.29, 1.82) is 0 Å². The van der Waals surface area contributed by atoms with Crippen molar-refractivity contribution < 1.29 is 8.78 Å².